The molecular formula is C24H31NO5S. The molecule has 2 N–H and O–H groups in total. The van der Waals surface area contributed by atoms with Gasteiger partial charge in [-0.05, 0) is 55.7 Å². The summed E-state index contributed by atoms with van der Waals surface area (Å²) in [6.07, 6.45) is 7.19. The molecule has 0 saturated heterocycles. The van der Waals surface area contributed by atoms with Crippen LogP contribution in [-0.2, 0) is 10.2 Å². The Morgan fingerprint density at radius 3 is 2.32 bits per heavy atom. The zero-order valence-electron chi connectivity index (χ0n) is 18.6. The molecule has 31 heavy (non-hydrogen) atoms. The van der Waals surface area contributed by atoms with Crippen LogP contribution in [0.2, 0.25) is 0 Å². The van der Waals surface area contributed by atoms with E-state index in [1.165, 1.54) is 11.0 Å². The largest absolute Gasteiger partial charge is 0.493 e. The summed E-state index contributed by atoms with van der Waals surface area (Å²) in [7, 11) is 4.68. The van der Waals surface area contributed by atoms with Crippen LogP contribution in [-0.4, -0.2) is 38.9 Å². The minimum absolute atomic E-state index is 0.0478. The number of hydrogen-bond acceptors (Lipinski definition) is 6. The number of thiophene rings is 1. The van der Waals surface area contributed by atoms with Crippen LogP contribution in [0.25, 0.3) is 6.08 Å². The third kappa shape index (κ3) is 5.22. The number of aliphatic hydroxyl groups is 1. The van der Waals surface area contributed by atoms with E-state index in [-0.39, 0.29) is 11.3 Å². The van der Waals surface area contributed by atoms with E-state index in [1.54, 1.807) is 57.8 Å². The number of rotatable bonds is 9. The Labute approximate surface area is 187 Å². The lowest BCUT2D eigenvalue weighted by molar-refractivity contribution is -0.116. The van der Waals surface area contributed by atoms with E-state index in [2.05, 4.69) is 11.4 Å². The third-order valence-corrected chi connectivity index (χ3v) is 7.34. The smallest absolute Gasteiger partial charge is 0.244 e. The van der Waals surface area contributed by atoms with Crippen molar-refractivity contribution in [3.63, 3.8) is 0 Å². The molecule has 1 fully saturated rings. The summed E-state index contributed by atoms with van der Waals surface area (Å²) >= 11 is 1.65. The summed E-state index contributed by atoms with van der Waals surface area (Å²) in [5.74, 6) is 1.45. The predicted molar refractivity (Wildman–Crippen MR) is 123 cm³/mol. The van der Waals surface area contributed by atoms with E-state index in [4.69, 9.17) is 14.2 Å². The summed E-state index contributed by atoms with van der Waals surface area (Å²) in [4.78, 5) is 14.8. The molecule has 1 heterocycles. The number of ether oxygens (including phenoxy) is 3. The SMILES string of the molecule is COc1cc(/C=C/C(=O)NCC2(c3ccc(C(C)O)s3)CCCC2)cc(OC)c1OC. The van der Waals surface area contributed by atoms with Crippen molar-refractivity contribution < 1.29 is 24.1 Å². The molecule has 7 heteroatoms. The van der Waals surface area contributed by atoms with Crippen LogP contribution >= 0.6 is 11.3 Å². The Balaban J connectivity index is 1.70. The molecule has 1 unspecified atom stereocenters. The molecule has 1 amide bonds. The minimum atomic E-state index is -0.465. The van der Waals surface area contributed by atoms with E-state index < -0.39 is 6.10 Å². The van der Waals surface area contributed by atoms with Gasteiger partial charge >= 0.3 is 0 Å². The zero-order chi connectivity index (χ0) is 22.4. The van der Waals surface area contributed by atoms with Gasteiger partial charge in [0.25, 0.3) is 0 Å². The standard InChI is InChI=1S/C24H31NO5S/c1-16(26)20-8-9-21(31-20)24(11-5-6-12-24)15-25-22(27)10-7-17-13-18(28-2)23(30-4)19(14-17)29-3/h7-10,13-14,16,26H,5-6,11-12,15H2,1-4H3,(H,25,27)/b10-7+. The topological polar surface area (TPSA) is 77.0 Å². The highest BCUT2D eigenvalue weighted by molar-refractivity contribution is 7.12. The van der Waals surface area contributed by atoms with Crippen LogP contribution in [0, 0.1) is 0 Å². The summed E-state index contributed by atoms with van der Waals surface area (Å²) in [5.41, 5.74) is 0.730. The Hall–Kier alpha value is -2.51. The van der Waals surface area contributed by atoms with Gasteiger partial charge in [-0.2, -0.15) is 0 Å². The minimum Gasteiger partial charge on any atom is -0.493 e. The molecular weight excluding hydrogens is 414 g/mol. The molecule has 6 nitrogen and oxygen atoms in total. The van der Waals surface area contributed by atoms with Gasteiger partial charge in [-0.3, -0.25) is 4.79 Å². The van der Waals surface area contributed by atoms with Gasteiger partial charge in [-0.25, -0.2) is 0 Å². The van der Waals surface area contributed by atoms with E-state index in [1.807, 2.05) is 6.07 Å². The fourth-order valence-electron chi connectivity index (χ4n) is 4.11. The second-order valence-corrected chi connectivity index (χ2v) is 8.99. The van der Waals surface area contributed by atoms with Crippen molar-refractivity contribution in [3.05, 3.63) is 45.7 Å². The highest BCUT2D eigenvalue weighted by Crippen LogP contribution is 2.44. The van der Waals surface area contributed by atoms with Gasteiger partial charge in [-0.1, -0.05) is 12.8 Å². The van der Waals surface area contributed by atoms with Crippen LogP contribution in [0.1, 0.15) is 54.0 Å². The fourth-order valence-corrected chi connectivity index (χ4v) is 5.30. The quantitative estimate of drug-likeness (QED) is 0.557. The summed E-state index contributed by atoms with van der Waals surface area (Å²) in [5, 5.41) is 13.0. The number of benzene rings is 1. The van der Waals surface area contributed by atoms with Gasteiger partial charge in [0, 0.05) is 27.8 Å². The van der Waals surface area contributed by atoms with Gasteiger partial charge < -0.3 is 24.6 Å². The van der Waals surface area contributed by atoms with Crippen LogP contribution in [0.15, 0.2) is 30.3 Å². The van der Waals surface area contributed by atoms with E-state index in [0.717, 1.165) is 36.1 Å². The molecule has 1 aliphatic rings. The lowest BCUT2D eigenvalue weighted by Gasteiger charge is -2.28. The third-order valence-electron chi connectivity index (χ3n) is 5.84. The molecule has 1 aromatic heterocycles. The highest BCUT2D eigenvalue weighted by Gasteiger charge is 2.37. The Kier molecular flexibility index (Phi) is 7.62. The lowest BCUT2D eigenvalue weighted by atomic mass is 9.84. The average molecular weight is 446 g/mol. The first-order valence-corrected chi connectivity index (χ1v) is 11.3. The molecule has 0 bridgehead atoms. The summed E-state index contributed by atoms with van der Waals surface area (Å²) in [6.45, 7) is 2.37. The fraction of sp³-hybridized carbons (Fsp3) is 0.458. The second-order valence-electron chi connectivity index (χ2n) is 7.88. The van der Waals surface area contributed by atoms with Crippen molar-refractivity contribution in [3.8, 4) is 17.2 Å². The second kappa shape index (κ2) is 10.2. The van der Waals surface area contributed by atoms with Crippen molar-refractivity contribution in [1.82, 2.24) is 5.32 Å². The lowest BCUT2D eigenvalue weighted by Crippen LogP contribution is -2.37. The Bertz CT molecular complexity index is 903. The molecule has 1 atom stereocenters. The molecule has 1 saturated carbocycles. The number of aliphatic hydroxyl groups excluding tert-OH is 1. The van der Waals surface area contributed by atoms with Crippen LogP contribution in [0.4, 0.5) is 0 Å². The maximum absolute atomic E-state index is 12.6. The van der Waals surface area contributed by atoms with Crippen molar-refractivity contribution >= 4 is 23.3 Å². The monoisotopic (exact) mass is 445 g/mol. The number of carbonyl (C=O) groups excluding carboxylic acids is 1. The van der Waals surface area contributed by atoms with Crippen molar-refractivity contribution in [2.45, 2.75) is 44.1 Å². The van der Waals surface area contributed by atoms with Gasteiger partial charge in [0.1, 0.15) is 0 Å². The number of amides is 1. The van der Waals surface area contributed by atoms with Crippen molar-refractivity contribution in [2.75, 3.05) is 27.9 Å². The first kappa shape index (κ1) is 23.2. The van der Waals surface area contributed by atoms with Gasteiger partial charge in [0.05, 0.1) is 27.4 Å². The molecule has 0 spiro atoms. The van der Waals surface area contributed by atoms with E-state index in [9.17, 15) is 9.90 Å². The normalized spacial score (nSPS) is 16.3. The molecule has 2 aromatic rings. The first-order valence-electron chi connectivity index (χ1n) is 10.5. The molecule has 1 aliphatic carbocycles. The molecule has 1 aromatic carbocycles. The number of hydrogen-bond donors (Lipinski definition) is 2. The van der Waals surface area contributed by atoms with Gasteiger partial charge in [0.2, 0.25) is 11.7 Å². The van der Waals surface area contributed by atoms with E-state index >= 15 is 0 Å². The van der Waals surface area contributed by atoms with Crippen LogP contribution < -0.4 is 19.5 Å². The Morgan fingerprint density at radius 1 is 1.16 bits per heavy atom. The van der Waals surface area contributed by atoms with Crippen LogP contribution in [0.3, 0.4) is 0 Å². The van der Waals surface area contributed by atoms with Gasteiger partial charge in [0.15, 0.2) is 11.5 Å². The zero-order valence-corrected chi connectivity index (χ0v) is 19.4. The maximum Gasteiger partial charge on any atom is 0.244 e. The molecule has 0 radical (unpaired) electrons. The number of nitrogens with one attached hydrogen (secondary N) is 1. The first-order chi connectivity index (χ1) is 14.9. The Morgan fingerprint density at radius 2 is 1.81 bits per heavy atom. The molecule has 0 aliphatic heterocycles. The van der Waals surface area contributed by atoms with Crippen molar-refractivity contribution in [2.24, 2.45) is 0 Å². The summed E-state index contributed by atoms with van der Waals surface area (Å²) < 4.78 is 16.1. The van der Waals surface area contributed by atoms with Crippen molar-refractivity contribution in [1.29, 1.82) is 0 Å². The van der Waals surface area contributed by atoms with Gasteiger partial charge in [-0.15, -0.1) is 11.3 Å². The van der Waals surface area contributed by atoms with Crippen LogP contribution in [0.5, 0.6) is 17.2 Å². The molecule has 3 rings (SSSR count). The molecule has 168 valence electrons. The predicted octanol–water partition coefficient (Wildman–Crippen LogP) is 4.47. The number of methoxy groups -OCH3 is 3. The maximum atomic E-state index is 12.6. The highest BCUT2D eigenvalue weighted by atomic mass is 32.1. The number of carbonyl (C=O) groups is 1. The van der Waals surface area contributed by atoms with E-state index in [0.29, 0.717) is 23.8 Å². The summed E-state index contributed by atoms with van der Waals surface area (Å²) in [6, 6.07) is 7.70. The average Bonchev–Trinajstić information content (AvgIpc) is 3.46.